The minimum absolute atomic E-state index is 0.351. The lowest BCUT2D eigenvalue weighted by Gasteiger charge is -2.35. The number of fused-ring (bicyclic) bond motifs is 1. The fourth-order valence-electron chi connectivity index (χ4n) is 10.6. The van der Waals surface area contributed by atoms with Crippen molar-refractivity contribution in [3.05, 3.63) is 303 Å². The van der Waals surface area contributed by atoms with Gasteiger partial charge in [-0.3, -0.25) is 0 Å². The Morgan fingerprint density at radius 1 is 0.228 bits per heavy atom. The van der Waals surface area contributed by atoms with Gasteiger partial charge in [0.25, 0.3) is 0 Å². The molecule has 0 saturated heterocycles. The zero-order valence-electron chi connectivity index (χ0n) is 42.9. The third-order valence-electron chi connectivity index (χ3n) is 14.3. The van der Waals surface area contributed by atoms with Crippen molar-refractivity contribution in [1.82, 2.24) is 29.9 Å². The average molecular weight is 1030 g/mol. The van der Waals surface area contributed by atoms with Crippen LogP contribution in [0.25, 0.3) is 56.3 Å². The van der Waals surface area contributed by atoms with Crippen LogP contribution in [0.15, 0.2) is 303 Å². The van der Waals surface area contributed by atoms with E-state index in [1.165, 1.54) is 31.5 Å². The molecule has 0 spiro atoms. The molecule has 0 fully saturated rings. The van der Waals surface area contributed by atoms with Crippen LogP contribution >= 0.6 is 0 Å². The standard InChI is InChI=1S/C70H50N8Si/c1-8-26-52(27-9-1)65-71-66(53-28-10-2-11-29-53)74-69(73-65)78(70-75-67(54-30-12-3-13-31-54)72-68(76-70)55-32-14-4-15-33-55)58-45-49-62(50-46-58)79(59-37-18-6-19-38-59,60-39-20-7-21-40-60)61-47-43-57(44-48-61)77(56-35-16-5-17-36-56)64-42-24-34-51-25-22-23-41-63(51)64/h1-50H. The van der Waals surface area contributed by atoms with Gasteiger partial charge in [-0.15, -0.1) is 0 Å². The van der Waals surface area contributed by atoms with Crippen LogP contribution in [0, 0.1) is 0 Å². The average Bonchev–Trinajstić information content (AvgIpc) is 3.69. The number of nitrogens with zero attached hydrogens (tertiary/aromatic N) is 8. The smallest absolute Gasteiger partial charge is 0.241 e. The van der Waals surface area contributed by atoms with Crippen LogP contribution in [0.2, 0.25) is 0 Å². The lowest BCUT2D eigenvalue weighted by Crippen LogP contribution is -2.74. The number of hydrogen-bond acceptors (Lipinski definition) is 8. The van der Waals surface area contributed by atoms with E-state index in [1.807, 2.05) is 126 Å². The molecule has 0 atom stereocenters. The number of para-hydroxylation sites is 1. The van der Waals surface area contributed by atoms with E-state index >= 15 is 0 Å². The molecule has 0 radical (unpaired) electrons. The maximum atomic E-state index is 5.29. The molecule has 0 aliphatic rings. The molecule has 0 unspecified atom stereocenters. The predicted molar refractivity (Wildman–Crippen MR) is 325 cm³/mol. The summed E-state index contributed by atoms with van der Waals surface area (Å²) in [7, 11) is -3.11. The van der Waals surface area contributed by atoms with Crippen molar-refractivity contribution in [3.8, 4) is 45.6 Å². The Kier molecular flexibility index (Phi) is 13.2. The highest BCUT2D eigenvalue weighted by atomic mass is 28.3. The van der Waals surface area contributed by atoms with Crippen molar-refractivity contribution in [1.29, 1.82) is 0 Å². The van der Waals surface area contributed by atoms with Crippen LogP contribution in [0.1, 0.15) is 0 Å². The van der Waals surface area contributed by atoms with Gasteiger partial charge < -0.3 is 4.90 Å². The van der Waals surface area contributed by atoms with E-state index in [-0.39, 0.29) is 0 Å². The second kappa shape index (κ2) is 21.6. The third kappa shape index (κ3) is 9.52. The van der Waals surface area contributed by atoms with Crippen molar-refractivity contribution in [3.63, 3.8) is 0 Å². The van der Waals surface area contributed by atoms with E-state index in [0.29, 0.717) is 35.2 Å². The Balaban J connectivity index is 1.02. The monoisotopic (exact) mass is 1030 g/mol. The molecule has 2 heterocycles. The highest BCUT2D eigenvalue weighted by molar-refractivity contribution is 7.19. The maximum absolute atomic E-state index is 5.29. The van der Waals surface area contributed by atoms with E-state index in [1.54, 1.807) is 0 Å². The minimum Gasteiger partial charge on any atom is -0.310 e. The molecule has 0 saturated carbocycles. The second-order valence-electron chi connectivity index (χ2n) is 19.1. The molecule has 0 amide bonds. The first kappa shape index (κ1) is 48.2. The molecule has 11 aromatic carbocycles. The predicted octanol–water partition coefficient (Wildman–Crippen LogP) is 14.2. The molecule has 374 valence electrons. The lowest BCUT2D eigenvalue weighted by atomic mass is 10.1. The van der Waals surface area contributed by atoms with Gasteiger partial charge >= 0.3 is 0 Å². The molecule has 79 heavy (non-hydrogen) atoms. The largest absolute Gasteiger partial charge is 0.310 e. The number of aromatic nitrogens is 6. The third-order valence-corrected chi connectivity index (χ3v) is 19.1. The summed E-state index contributed by atoms with van der Waals surface area (Å²) in [5.41, 5.74) is 7.40. The quantitative estimate of drug-likeness (QED) is 0.0787. The zero-order valence-corrected chi connectivity index (χ0v) is 43.9. The lowest BCUT2D eigenvalue weighted by molar-refractivity contribution is 0.964. The zero-order chi connectivity index (χ0) is 52.8. The van der Waals surface area contributed by atoms with E-state index in [4.69, 9.17) is 29.9 Å². The Labute approximate surface area is 460 Å². The molecule has 13 rings (SSSR count). The van der Waals surface area contributed by atoms with Crippen molar-refractivity contribution < 1.29 is 0 Å². The Morgan fingerprint density at radius 3 is 0.937 bits per heavy atom. The van der Waals surface area contributed by atoms with Gasteiger partial charge in [0.1, 0.15) is 0 Å². The van der Waals surface area contributed by atoms with E-state index < -0.39 is 8.07 Å². The van der Waals surface area contributed by atoms with Crippen LogP contribution in [0.4, 0.5) is 34.6 Å². The van der Waals surface area contributed by atoms with Crippen LogP contribution in [-0.2, 0) is 0 Å². The highest BCUT2D eigenvalue weighted by Crippen LogP contribution is 2.39. The van der Waals surface area contributed by atoms with E-state index in [9.17, 15) is 0 Å². The van der Waals surface area contributed by atoms with Gasteiger partial charge in [-0.25, -0.2) is 14.9 Å². The number of benzene rings is 11. The molecule has 0 N–H and O–H groups in total. The molecule has 0 aliphatic carbocycles. The molecule has 9 heteroatoms. The first-order chi connectivity index (χ1) is 39.2. The molecule has 8 nitrogen and oxygen atoms in total. The van der Waals surface area contributed by atoms with Gasteiger partial charge in [0.2, 0.25) is 11.9 Å². The van der Waals surface area contributed by atoms with E-state index in [0.717, 1.165) is 45.0 Å². The van der Waals surface area contributed by atoms with Crippen LogP contribution in [-0.4, -0.2) is 38.0 Å². The summed E-state index contributed by atoms with van der Waals surface area (Å²) in [6.45, 7) is 0. The van der Waals surface area contributed by atoms with Crippen LogP contribution in [0.3, 0.4) is 0 Å². The summed E-state index contributed by atoms with van der Waals surface area (Å²) in [6, 6.07) is 106. The van der Waals surface area contributed by atoms with Crippen LogP contribution in [0.5, 0.6) is 0 Å². The Hall–Kier alpha value is -10.5. The van der Waals surface area contributed by atoms with Gasteiger partial charge in [-0.1, -0.05) is 261 Å². The summed E-state index contributed by atoms with van der Waals surface area (Å²) >= 11 is 0. The van der Waals surface area contributed by atoms with Crippen molar-refractivity contribution >= 4 is 74.2 Å². The summed E-state index contributed by atoms with van der Waals surface area (Å²) in [5, 5.41) is 7.29. The summed E-state index contributed by atoms with van der Waals surface area (Å²) in [6.07, 6.45) is 0. The molecule has 2 aromatic heterocycles. The van der Waals surface area contributed by atoms with Gasteiger partial charge in [-0.2, -0.15) is 19.9 Å². The molecular weight excluding hydrogens is 981 g/mol. The molecule has 0 bridgehead atoms. The SMILES string of the molecule is c1ccc(-c2nc(-c3ccccc3)nc(N(c3ccc([Si](c4ccccc4)(c4ccccc4)c4ccc(N(c5ccccc5)c5cccc6ccccc56)cc4)cc3)c3nc(-c4ccccc4)nc(-c4ccccc4)n3)n2)cc1. The number of hydrogen-bond donors (Lipinski definition) is 0. The summed E-state index contributed by atoms with van der Waals surface area (Å²) in [4.78, 5) is 35.6. The van der Waals surface area contributed by atoms with E-state index in [2.05, 4.69) is 187 Å². The molecular formula is C70H50N8Si. The number of rotatable bonds is 14. The van der Waals surface area contributed by atoms with Crippen LogP contribution < -0.4 is 30.5 Å². The minimum atomic E-state index is -3.11. The maximum Gasteiger partial charge on any atom is 0.241 e. The van der Waals surface area contributed by atoms with Gasteiger partial charge in [0.15, 0.2) is 31.4 Å². The fourth-order valence-corrected chi connectivity index (χ4v) is 15.3. The van der Waals surface area contributed by atoms with Gasteiger partial charge in [0, 0.05) is 39.0 Å². The highest BCUT2D eigenvalue weighted by Gasteiger charge is 2.42. The first-order valence-corrected chi connectivity index (χ1v) is 28.4. The van der Waals surface area contributed by atoms with Crippen molar-refractivity contribution in [2.24, 2.45) is 0 Å². The summed E-state index contributed by atoms with van der Waals surface area (Å²) < 4.78 is 0. The van der Waals surface area contributed by atoms with Crippen molar-refractivity contribution in [2.75, 3.05) is 9.80 Å². The van der Waals surface area contributed by atoms with Crippen molar-refractivity contribution in [2.45, 2.75) is 0 Å². The Morgan fingerprint density at radius 2 is 0.532 bits per heavy atom. The Bertz CT molecular complexity index is 3880. The molecule has 0 aliphatic heterocycles. The number of anilines is 6. The summed E-state index contributed by atoms with van der Waals surface area (Å²) in [5.74, 6) is 2.76. The molecule has 13 aromatic rings. The topological polar surface area (TPSA) is 83.8 Å². The van der Waals surface area contributed by atoms with Gasteiger partial charge in [-0.05, 0) is 68.6 Å². The fraction of sp³-hybridized carbons (Fsp3) is 0. The first-order valence-electron chi connectivity index (χ1n) is 26.4. The second-order valence-corrected chi connectivity index (χ2v) is 22.9. The normalized spacial score (nSPS) is 11.3. The van der Waals surface area contributed by atoms with Gasteiger partial charge in [0.05, 0.1) is 11.4 Å².